The van der Waals surface area contributed by atoms with E-state index < -0.39 is 15.1 Å². The van der Waals surface area contributed by atoms with E-state index in [9.17, 15) is 13.2 Å². The molecule has 0 radical (unpaired) electrons. The van der Waals surface area contributed by atoms with Crippen LogP contribution < -0.4 is 9.64 Å². The Kier molecular flexibility index (Phi) is 9.43. The highest BCUT2D eigenvalue weighted by Crippen LogP contribution is 2.48. The maximum atomic E-state index is 13.5. The molecule has 1 spiro atoms. The smallest absolute Gasteiger partial charge is 0.337 e. The fraction of sp³-hybridized carbons (Fsp3) is 0.541. The molecule has 3 aromatic rings. The van der Waals surface area contributed by atoms with E-state index in [1.54, 1.807) is 19.2 Å². The van der Waals surface area contributed by atoms with Crippen molar-refractivity contribution in [3.05, 3.63) is 76.6 Å². The predicted molar refractivity (Wildman–Crippen MR) is 184 cm³/mol. The van der Waals surface area contributed by atoms with Crippen molar-refractivity contribution in [1.82, 2.24) is 9.97 Å². The SMILES string of the molecule is COC(=O)c1ccc2c(c1)N(C[C@@H]1CC[C@H]1C(OC)[C@@H]1CCC[C@@H](S(=O)(=O)c3ncccn3)C1)C[C@@]1(CCCc3cc(Cl)ccc31)CO2. The van der Waals surface area contributed by atoms with Crippen LogP contribution in [-0.4, -0.2) is 69.6 Å². The first-order chi connectivity index (χ1) is 23.2. The normalized spacial score (nSPS) is 27.5. The van der Waals surface area contributed by atoms with Gasteiger partial charge < -0.3 is 19.1 Å². The number of halogens is 1. The molecule has 0 saturated heterocycles. The molecule has 48 heavy (non-hydrogen) atoms. The summed E-state index contributed by atoms with van der Waals surface area (Å²) in [5, 5.41) is 0.154. The van der Waals surface area contributed by atoms with E-state index >= 15 is 0 Å². The minimum Gasteiger partial charge on any atom is -0.490 e. The van der Waals surface area contributed by atoms with Crippen LogP contribution in [-0.2, 0) is 31.1 Å². The average molecular weight is 694 g/mol. The number of hydrogen-bond acceptors (Lipinski definition) is 9. The number of carbonyl (C=O) groups is 1. The van der Waals surface area contributed by atoms with E-state index in [-0.39, 0.29) is 28.6 Å². The molecule has 1 aromatic heterocycles. The Balaban J connectivity index is 1.16. The monoisotopic (exact) mass is 693 g/mol. The van der Waals surface area contributed by atoms with Crippen LogP contribution in [0.4, 0.5) is 5.69 Å². The molecule has 2 aromatic carbocycles. The van der Waals surface area contributed by atoms with Crippen molar-refractivity contribution >= 4 is 33.1 Å². The number of hydrogen-bond donors (Lipinski definition) is 0. The van der Waals surface area contributed by atoms with Gasteiger partial charge in [0, 0.05) is 43.0 Å². The third-order valence-electron chi connectivity index (χ3n) is 11.5. The molecule has 1 aliphatic heterocycles. The van der Waals surface area contributed by atoms with Crippen molar-refractivity contribution in [2.45, 2.75) is 79.7 Å². The average Bonchev–Trinajstić information content (AvgIpc) is 3.25. The van der Waals surface area contributed by atoms with Crippen molar-refractivity contribution in [3.63, 3.8) is 0 Å². The molecule has 1 unspecified atom stereocenters. The number of ether oxygens (including phenoxy) is 3. The number of aromatic nitrogens is 2. The van der Waals surface area contributed by atoms with Crippen LogP contribution in [0, 0.1) is 17.8 Å². The van der Waals surface area contributed by atoms with Crippen molar-refractivity contribution in [3.8, 4) is 5.75 Å². The number of benzene rings is 2. The summed E-state index contributed by atoms with van der Waals surface area (Å²) in [7, 11) is -0.452. The molecule has 6 atom stereocenters. The van der Waals surface area contributed by atoms with Gasteiger partial charge in [-0.25, -0.2) is 23.2 Å². The van der Waals surface area contributed by atoms with Gasteiger partial charge in [-0.3, -0.25) is 0 Å². The molecule has 3 aliphatic carbocycles. The zero-order chi connectivity index (χ0) is 33.5. The zero-order valence-electron chi connectivity index (χ0n) is 27.6. The van der Waals surface area contributed by atoms with Gasteiger partial charge in [0.1, 0.15) is 5.75 Å². The van der Waals surface area contributed by atoms with Crippen LogP contribution >= 0.6 is 11.6 Å². The number of methoxy groups -OCH3 is 2. The number of sulfone groups is 1. The lowest BCUT2D eigenvalue weighted by Crippen LogP contribution is -2.51. The molecule has 11 heteroatoms. The molecule has 0 N–H and O–H groups in total. The number of aryl methyl sites for hydroxylation is 1. The molecular weight excluding hydrogens is 650 g/mol. The summed E-state index contributed by atoms with van der Waals surface area (Å²) in [5.74, 6) is 1.15. The first-order valence-corrected chi connectivity index (χ1v) is 19.1. The van der Waals surface area contributed by atoms with Crippen LogP contribution in [0.5, 0.6) is 5.75 Å². The molecule has 9 nitrogen and oxygen atoms in total. The van der Waals surface area contributed by atoms with Gasteiger partial charge in [0.05, 0.1) is 36.3 Å². The number of carbonyl (C=O) groups excluding carboxylic acids is 1. The fourth-order valence-corrected chi connectivity index (χ4v) is 10.8. The Morgan fingerprint density at radius 3 is 2.67 bits per heavy atom. The molecule has 256 valence electrons. The number of fused-ring (bicyclic) bond motifs is 3. The van der Waals surface area contributed by atoms with E-state index in [1.807, 2.05) is 18.2 Å². The fourth-order valence-electron chi connectivity index (χ4n) is 8.96. The topological polar surface area (TPSA) is 108 Å². The van der Waals surface area contributed by atoms with Gasteiger partial charge in [-0.1, -0.05) is 24.1 Å². The second-order valence-electron chi connectivity index (χ2n) is 14.1. The van der Waals surface area contributed by atoms with E-state index in [2.05, 4.69) is 27.0 Å². The molecule has 2 fully saturated rings. The van der Waals surface area contributed by atoms with Gasteiger partial charge in [0.15, 0.2) is 0 Å². The van der Waals surface area contributed by atoms with Crippen LogP contribution in [0.1, 0.15) is 72.9 Å². The van der Waals surface area contributed by atoms with Gasteiger partial charge in [-0.2, -0.15) is 0 Å². The summed E-state index contributed by atoms with van der Waals surface area (Å²) in [6.07, 6.45) is 11.0. The minimum absolute atomic E-state index is 0.0472. The summed E-state index contributed by atoms with van der Waals surface area (Å²) in [5.41, 5.74) is 3.74. The van der Waals surface area contributed by atoms with E-state index in [0.29, 0.717) is 36.8 Å². The maximum absolute atomic E-state index is 13.5. The Labute approximate surface area is 288 Å². The van der Waals surface area contributed by atoms with Crippen molar-refractivity contribution in [2.24, 2.45) is 17.8 Å². The van der Waals surface area contributed by atoms with Crippen molar-refractivity contribution in [2.75, 3.05) is 38.8 Å². The Hall–Kier alpha value is -3.21. The van der Waals surface area contributed by atoms with Crippen LogP contribution in [0.25, 0.3) is 0 Å². The van der Waals surface area contributed by atoms with E-state index in [0.717, 1.165) is 74.5 Å². The maximum Gasteiger partial charge on any atom is 0.337 e. The Bertz CT molecular complexity index is 1760. The number of rotatable bonds is 8. The second-order valence-corrected chi connectivity index (χ2v) is 16.7. The largest absolute Gasteiger partial charge is 0.490 e. The van der Waals surface area contributed by atoms with Gasteiger partial charge in [0.2, 0.25) is 15.0 Å². The lowest BCUT2D eigenvalue weighted by molar-refractivity contribution is -0.0589. The molecular formula is C37H44ClN3O6S. The summed E-state index contributed by atoms with van der Waals surface area (Å²) in [6, 6.07) is 13.5. The van der Waals surface area contributed by atoms with Gasteiger partial charge in [0.25, 0.3) is 0 Å². The third kappa shape index (κ3) is 6.20. The van der Waals surface area contributed by atoms with Gasteiger partial charge in [-0.05, 0) is 117 Å². The molecule has 0 bridgehead atoms. The van der Waals surface area contributed by atoms with Crippen molar-refractivity contribution < 1.29 is 27.4 Å². The highest BCUT2D eigenvalue weighted by molar-refractivity contribution is 7.91. The van der Waals surface area contributed by atoms with Crippen LogP contribution in [0.3, 0.4) is 0 Å². The first kappa shape index (κ1) is 33.3. The summed E-state index contributed by atoms with van der Waals surface area (Å²) >= 11 is 6.45. The van der Waals surface area contributed by atoms with Crippen LogP contribution in [0.2, 0.25) is 5.02 Å². The predicted octanol–water partition coefficient (Wildman–Crippen LogP) is 6.46. The first-order valence-electron chi connectivity index (χ1n) is 17.1. The molecule has 2 heterocycles. The van der Waals surface area contributed by atoms with Crippen LogP contribution in [0.15, 0.2) is 60.0 Å². The lowest BCUT2D eigenvalue weighted by Gasteiger charge is -2.48. The number of nitrogens with zero attached hydrogens (tertiary/aromatic N) is 3. The Morgan fingerprint density at radius 1 is 1.08 bits per heavy atom. The number of anilines is 1. The zero-order valence-corrected chi connectivity index (χ0v) is 29.2. The molecule has 0 amide bonds. The van der Waals surface area contributed by atoms with E-state index in [1.165, 1.54) is 30.6 Å². The van der Waals surface area contributed by atoms with E-state index in [4.69, 9.17) is 25.8 Å². The molecule has 4 aliphatic rings. The van der Waals surface area contributed by atoms with Gasteiger partial charge >= 0.3 is 5.97 Å². The third-order valence-corrected chi connectivity index (χ3v) is 13.7. The van der Waals surface area contributed by atoms with Gasteiger partial charge in [-0.15, -0.1) is 0 Å². The highest BCUT2D eigenvalue weighted by Gasteiger charge is 2.47. The summed E-state index contributed by atoms with van der Waals surface area (Å²) in [4.78, 5) is 23.2. The summed E-state index contributed by atoms with van der Waals surface area (Å²) in [6.45, 7) is 2.07. The molecule has 7 rings (SSSR count). The Morgan fingerprint density at radius 2 is 1.92 bits per heavy atom. The van der Waals surface area contributed by atoms with Crippen molar-refractivity contribution in [1.29, 1.82) is 0 Å². The molecule has 2 saturated carbocycles. The standard InChI is InChI=1S/C37H44ClN3O6S/c1-45-34(25-6-3-8-29(19-25)48(43,44)36-39-16-5-17-40-36)30-12-9-27(30)21-41-22-37(15-4-7-24-18-28(38)11-13-31(24)37)23-47-33-14-10-26(20-32(33)41)35(42)46-2/h5,10-11,13-14,16-18,20,25,27,29-30,34H,3-4,6-9,12,15,19,21-23H2,1-2H3/t25-,27+,29-,30-,34?,37+/m1/s1. The summed E-state index contributed by atoms with van der Waals surface area (Å²) < 4.78 is 45.0. The lowest BCUT2D eigenvalue weighted by atomic mass is 9.65. The highest BCUT2D eigenvalue weighted by atomic mass is 35.5. The second kappa shape index (κ2) is 13.6. The quantitative estimate of drug-likeness (QED) is 0.194. The minimum atomic E-state index is -3.63. The number of esters is 1.